The van der Waals surface area contributed by atoms with Gasteiger partial charge in [-0.3, -0.25) is 9.59 Å². The summed E-state index contributed by atoms with van der Waals surface area (Å²) in [5.41, 5.74) is 0. The summed E-state index contributed by atoms with van der Waals surface area (Å²) in [5, 5.41) is 1.54. The minimum Gasteiger partial charge on any atom is -0.297 e. The van der Waals surface area contributed by atoms with E-state index in [1.165, 1.54) is 18.4 Å². The first-order chi connectivity index (χ1) is 4.57. The van der Waals surface area contributed by atoms with Gasteiger partial charge in [0.2, 0.25) is 4.21 Å². The number of thioether (sulfide) groups is 1. The number of hydrogen-bond donors (Lipinski definition) is 0. The number of carbonyl (C=O) groups is 2. The Morgan fingerprint density at radius 1 is 1.80 bits per heavy atom. The van der Waals surface area contributed by atoms with E-state index < -0.39 is 4.21 Å². The van der Waals surface area contributed by atoms with Gasteiger partial charge in [-0.1, -0.05) is 23.4 Å². The second-order valence-electron chi connectivity index (χ2n) is 1.94. The molecule has 0 bridgehead atoms. The number of Topliss-reactive ketones (excluding diaryl/α,β-unsaturated/α-hetero) is 1. The lowest BCUT2D eigenvalue weighted by molar-refractivity contribution is -0.123. The van der Waals surface area contributed by atoms with E-state index in [-0.39, 0.29) is 11.6 Å². The summed E-state index contributed by atoms with van der Waals surface area (Å²) < 4.78 is -1.35. The summed E-state index contributed by atoms with van der Waals surface area (Å²) in [7, 11) is 0. The molecule has 4 heteroatoms. The van der Waals surface area contributed by atoms with Gasteiger partial charge in [0, 0.05) is 0 Å². The molecule has 1 aliphatic rings. The molecule has 0 aromatic heterocycles. The molecule has 1 aliphatic heterocycles. The third-order valence-corrected chi connectivity index (χ3v) is 3.02. The van der Waals surface area contributed by atoms with E-state index >= 15 is 0 Å². The van der Waals surface area contributed by atoms with Gasteiger partial charge in [0.15, 0.2) is 11.6 Å². The van der Waals surface area contributed by atoms with Crippen molar-refractivity contribution in [3.8, 4) is 0 Å². The molecular formula is C6H5ClO2S. The maximum absolute atomic E-state index is 10.9. The normalized spacial score (nSPS) is 31.2. The first-order valence-corrected chi connectivity index (χ1v) is 3.92. The van der Waals surface area contributed by atoms with Crippen LogP contribution < -0.4 is 0 Å². The number of alkyl halides is 1. The fourth-order valence-electron chi connectivity index (χ4n) is 0.611. The van der Waals surface area contributed by atoms with E-state index in [0.717, 1.165) is 11.8 Å². The van der Waals surface area contributed by atoms with Crippen LogP contribution in [0.2, 0.25) is 0 Å². The standard InChI is InChI=1S/C6H5ClO2S/c1-4(8)6(7)5(9)2-3-10-6/h2-3H,1H3. The molecule has 1 heterocycles. The molecule has 54 valence electrons. The fourth-order valence-corrected chi connectivity index (χ4v) is 1.56. The van der Waals surface area contributed by atoms with Crippen LogP contribution in [0.5, 0.6) is 0 Å². The summed E-state index contributed by atoms with van der Waals surface area (Å²) >= 11 is 6.70. The maximum atomic E-state index is 10.9. The second kappa shape index (κ2) is 2.40. The van der Waals surface area contributed by atoms with Crippen molar-refractivity contribution in [1.29, 1.82) is 0 Å². The minimum atomic E-state index is -1.35. The van der Waals surface area contributed by atoms with Gasteiger partial charge in [0.1, 0.15) is 0 Å². The Bertz CT molecular complexity index is 224. The molecule has 0 radical (unpaired) electrons. The fraction of sp³-hybridized carbons (Fsp3) is 0.333. The Morgan fingerprint density at radius 2 is 2.40 bits per heavy atom. The lowest BCUT2D eigenvalue weighted by Crippen LogP contribution is -2.31. The quantitative estimate of drug-likeness (QED) is 0.447. The second-order valence-corrected chi connectivity index (χ2v) is 3.85. The number of rotatable bonds is 1. The van der Waals surface area contributed by atoms with E-state index in [9.17, 15) is 9.59 Å². The van der Waals surface area contributed by atoms with Crippen LogP contribution in [0.15, 0.2) is 11.5 Å². The highest BCUT2D eigenvalue weighted by Crippen LogP contribution is 2.38. The molecule has 0 saturated carbocycles. The SMILES string of the molecule is CC(=O)C1(Cl)SC=CC1=O. The van der Waals surface area contributed by atoms with Crippen molar-refractivity contribution in [1.82, 2.24) is 0 Å². The highest BCUT2D eigenvalue weighted by molar-refractivity contribution is 8.06. The van der Waals surface area contributed by atoms with Gasteiger partial charge in [-0.25, -0.2) is 0 Å². The van der Waals surface area contributed by atoms with E-state index in [1.807, 2.05) is 0 Å². The number of ketones is 2. The molecule has 0 saturated heterocycles. The van der Waals surface area contributed by atoms with Crippen molar-refractivity contribution in [3.63, 3.8) is 0 Å². The molecule has 2 nitrogen and oxygen atoms in total. The Balaban J connectivity index is 2.91. The smallest absolute Gasteiger partial charge is 0.213 e. The average Bonchev–Trinajstić information content (AvgIpc) is 2.15. The number of allylic oxidation sites excluding steroid dienone is 1. The zero-order valence-corrected chi connectivity index (χ0v) is 6.83. The van der Waals surface area contributed by atoms with Crippen molar-refractivity contribution in [2.24, 2.45) is 0 Å². The minimum absolute atomic E-state index is 0.311. The van der Waals surface area contributed by atoms with Crippen molar-refractivity contribution in [2.45, 2.75) is 11.1 Å². The molecule has 1 atom stereocenters. The Hall–Kier alpha value is -0.280. The Morgan fingerprint density at radius 3 is 2.60 bits per heavy atom. The van der Waals surface area contributed by atoms with E-state index in [4.69, 9.17) is 11.6 Å². The molecule has 0 spiro atoms. The lowest BCUT2D eigenvalue weighted by atomic mass is 10.2. The van der Waals surface area contributed by atoms with Crippen LogP contribution in [0, 0.1) is 0 Å². The van der Waals surface area contributed by atoms with E-state index in [0.29, 0.717) is 0 Å². The van der Waals surface area contributed by atoms with Gasteiger partial charge in [-0.2, -0.15) is 0 Å². The summed E-state index contributed by atoms with van der Waals surface area (Å²) in [6.45, 7) is 1.31. The van der Waals surface area contributed by atoms with Gasteiger partial charge in [0.05, 0.1) is 0 Å². The van der Waals surface area contributed by atoms with Gasteiger partial charge >= 0.3 is 0 Å². The third kappa shape index (κ3) is 0.995. The predicted octanol–water partition coefficient (Wildman–Crippen LogP) is 1.34. The Labute approximate surface area is 67.6 Å². The van der Waals surface area contributed by atoms with E-state index in [2.05, 4.69) is 0 Å². The Kier molecular flexibility index (Phi) is 1.88. The van der Waals surface area contributed by atoms with Crippen molar-refractivity contribution < 1.29 is 9.59 Å². The van der Waals surface area contributed by atoms with Crippen molar-refractivity contribution in [3.05, 3.63) is 11.5 Å². The largest absolute Gasteiger partial charge is 0.297 e. The molecule has 1 unspecified atom stereocenters. The zero-order valence-electron chi connectivity index (χ0n) is 5.26. The monoisotopic (exact) mass is 176 g/mol. The van der Waals surface area contributed by atoms with Gasteiger partial charge in [-0.15, -0.1) is 0 Å². The predicted molar refractivity (Wildman–Crippen MR) is 41.0 cm³/mol. The van der Waals surface area contributed by atoms with Crippen LogP contribution in [-0.4, -0.2) is 15.8 Å². The topological polar surface area (TPSA) is 34.1 Å². The summed E-state index contributed by atoms with van der Waals surface area (Å²) in [4.78, 5) is 21.6. The summed E-state index contributed by atoms with van der Waals surface area (Å²) in [6, 6.07) is 0. The molecule has 0 aromatic rings. The maximum Gasteiger partial charge on any atom is 0.213 e. The molecule has 0 fully saturated rings. The van der Waals surface area contributed by atoms with Crippen LogP contribution in [0.1, 0.15) is 6.92 Å². The number of carbonyl (C=O) groups excluding carboxylic acids is 2. The van der Waals surface area contributed by atoms with Crippen molar-refractivity contribution >= 4 is 34.9 Å². The third-order valence-electron chi connectivity index (χ3n) is 1.22. The molecule has 1 rings (SSSR count). The number of halogens is 1. The number of hydrogen-bond acceptors (Lipinski definition) is 3. The van der Waals surface area contributed by atoms with Crippen LogP contribution in [0.3, 0.4) is 0 Å². The summed E-state index contributed by atoms with van der Waals surface area (Å²) in [5.74, 6) is -0.638. The van der Waals surface area contributed by atoms with Crippen molar-refractivity contribution in [2.75, 3.05) is 0 Å². The van der Waals surface area contributed by atoms with Crippen LogP contribution in [0.4, 0.5) is 0 Å². The molecular weight excluding hydrogens is 172 g/mol. The molecule has 0 aromatic carbocycles. The lowest BCUT2D eigenvalue weighted by Gasteiger charge is -2.12. The first kappa shape index (κ1) is 7.82. The highest BCUT2D eigenvalue weighted by Gasteiger charge is 2.42. The zero-order chi connectivity index (χ0) is 7.78. The summed E-state index contributed by atoms with van der Waals surface area (Å²) in [6.07, 6.45) is 1.32. The molecule has 0 aliphatic carbocycles. The van der Waals surface area contributed by atoms with Crippen LogP contribution in [-0.2, 0) is 9.59 Å². The molecule has 10 heavy (non-hydrogen) atoms. The van der Waals surface area contributed by atoms with Gasteiger partial charge < -0.3 is 0 Å². The molecule has 0 amide bonds. The average molecular weight is 177 g/mol. The van der Waals surface area contributed by atoms with E-state index in [1.54, 1.807) is 0 Å². The van der Waals surface area contributed by atoms with Gasteiger partial charge in [-0.05, 0) is 18.4 Å². The van der Waals surface area contributed by atoms with Crippen LogP contribution >= 0.6 is 23.4 Å². The molecule has 0 N–H and O–H groups in total. The first-order valence-electron chi connectivity index (χ1n) is 2.66. The highest BCUT2D eigenvalue weighted by atomic mass is 35.5. The van der Waals surface area contributed by atoms with Crippen LogP contribution in [0.25, 0.3) is 0 Å². The van der Waals surface area contributed by atoms with Gasteiger partial charge in [0.25, 0.3) is 0 Å².